The number of anilines is 1. The number of nitrogens with two attached hydrogens (primary N) is 2. The van der Waals surface area contributed by atoms with E-state index in [2.05, 4.69) is 0 Å². The molecule has 0 radical (unpaired) electrons. The molecule has 5 N–H and O–H groups in total. The Morgan fingerprint density at radius 3 is 2.12 bits per heavy atom. The summed E-state index contributed by atoms with van der Waals surface area (Å²) in [7, 11) is -7.82. The van der Waals surface area contributed by atoms with Gasteiger partial charge in [0.15, 0.2) is 0 Å². The number of sulfonamides is 1. The van der Waals surface area contributed by atoms with Gasteiger partial charge in [0.05, 0.1) is 10.6 Å². The Hall–Kier alpha value is -1.16. The topological polar surface area (TPSA) is 132 Å². The van der Waals surface area contributed by atoms with E-state index in [1.54, 1.807) is 6.92 Å². The summed E-state index contributed by atoms with van der Waals surface area (Å²) in [5, 5.41) is 9.68. The molecule has 7 nitrogen and oxygen atoms in total. The predicted molar refractivity (Wildman–Crippen MR) is 59.3 cm³/mol. The van der Waals surface area contributed by atoms with Gasteiger partial charge in [0.1, 0.15) is 0 Å². The average Bonchev–Trinajstić information content (AvgIpc) is 2.04. The zero-order chi connectivity index (χ0) is 12.6. The highest BCUT2D eigenvalue weighted by molar-refractivity contribution is 7.90. The molecule has 0 saturated heterocycles. The Labute approximate surface area is 93.7 Å². The van der Waals surface area contributed by atoms with Gasteiger partial charge in [-0.15, -0.1) is 0 Å². The van der Waals surface area contributed by atoms with Crippen LogP contribution in [0.5, 0.6) is 0 Å². The minimum Gasteiger partial charge on any atom is -0.271 e. The van der Waals surface area contributed by atoms with Crippen molar-refractivity contribution in [2.24, 2.45) is 10.3 Å². The van der Waals surface area contributed by atoms with Gasteiger partial charge in [-0.05, 0) is 24.6 Å². The Balaban J connectivity index is 3.31. The molecule has 1 aromatic rings. The minimum absolute atomic E-state index is 0.0778. The molecule has 90 valence electrons. The lowest BCUT2D eigenvalue weighted by atomic mass is 10.2. The Kier molecular flexibility index (Phi) is 3.24. The number of hydrogen-bond acceptors (Lipinski definition) is 4. The maximum atomic E-state index is 11.0. The van der Waals surface area contributed by atoms with E-state index in [1.807, 2.05) is 4.72 Å². The van der Waals surface area contributed by atoms with Gasteiger partial charge in [0, 0.05) is 0 Å². The first-order valence-electron chi connectivity index (χ1n) is 4.03. The van der Waals surface area contributed by atoms with E-state index < -0.39 is 20.2 Å². The van der Waals surface area contributed by atoms with E-state index in [0.717, 1.165) is 6.07 Å². The fourth-order valence-corrected chi connectivity index (χ4v) is 2.11. The second-order valence-electron chi connectivity index (χ2n) is 3.17. The summed E-state index contributed by atoms with van der Waals surface area (Å²) in [4.78, 5) is -0.191. The van der Waals surface area contributed by atoms with Crippen LogP contribution in [0.1, 0.15) is 5.56 Å². The molecule has 0 amide bonds. The molecular formula is C7H11N3O4S2. The van der Waals surface area contributed by atoms with E-state index >= 15 is 0 Å². The van der Waals surface area contributed by atoms with E-state index in [-0.39, 0.29) is 10.6 Å². The maximum Gasteiger partial charge on any atom is 0.296 e. The summed E-state index contributed by atoms with van der Waals surface area (Å²) >= 11 is 0. The van der Waals surface area contributed by atoms with Crippen LogP contribution in [-0.2, 0) is 20.2 Å². The van der Waals surface area contributed by atoms with Crippen LogP contribution in [0, 0.1) is 6.92 Å². The van der Waals surface area contributed by atoms with Crippen LogP contribution in [0.2, 0.25) is 0 Å². The number of aryl methyl sites for hydroxylation is 1. The summed E-state index contributed by atoms with van der Waals surface area (Å²) < 4.78 is 45.7. The third kappa shape index (κ3) is 3.45. The molecule has 0 aliphatic rings. The molecule has 0 unspecified atom stereocenters. The van der Waals surface area contributed by atoms with Gasteiger partial charge in [-0.3, -0.25) is 4.72 Å². The molecule has 0 saturated carbocycles. The van der Waals surface area contributed by atoms with Crippen molar-refractivity contribution in [1.29, 1.82) is 0 Å². The number of primary sulfonamides is 1. The van der Waals surface area contributed by atoms with Gasteiger partial charge in [0.2, 0.25) is 10.0 Å². The maximum absolute atomic E-state index is 11.0. The monoisotopic (exact) mass is 265 g/mol. The predicted octanol–water partition coefficient (Wildman–Crippen LogP) is -0.742. The zero-order valence-corrected chi connectivity index (χ0v) is 9.97. The number of benzene rings is 1. The normalized spacial score (nSPS) is 12.4. The lowest BCUT2D eigenvalue weighted by molar-refractivity contribution is 0.596. The molecule has 0 atom stereocenters. The van der Waals surface area contributed by atoms with Gasteiger partial charge in [-0.25, -0.2) is 18.7 Å². The Morgan fingerprint density at radius 1 is 1.12 bits per heavy atom. The standard InChI is InChI=1S/C7H11N3O4S2/c1-5-2-3-6(15(8,11)12)4-7(5)10-16(9,13)14/h2-4,10H,1H3,(H2,8,11,12)(H2,9,13,14). The highest BCUT2D eigenvalue weighted by atomic mass is 32.2. The van der Waals surface area contributed by atoms with Crippen molar-refractivity contribution in [3.63, 3.8) is 0 Å². The van der Waals surface area contributed by atoms with E-state index in [9.17, 15) is 16.8 Å². The molecule has 9 heteroatoms. The summed E-state index contributed by atoms with van der Waals surface area (Å²) in [5.41, 5.74) is 0.607. The number of hydrogen-bond donors (Lipinski definition) is 3. The van der Waals surface area contributed by atoms with Gasteiger partial charge in [-0.1, -0.05) is 6.07 Å². The van der Waals surface area contributed by atoms with Crippen molar-refractivity contribution >= 4 is 25.9 Å². The Morgan fingerprint density at radius 2 is 1.69 bits per heavy atom. The van der Waals surface area contributed by atoms with E-state index in [0.29, 0.717) is 5.56 Å². The number of rotatable bonds is 3. The quantitative estimate of drug-likeness (QED) is 0.663. The van der Waals surface area contributed by atoms with Crippen LogP contribution in [0.4, 0.5) is 5.69 Å². The summed E-state index contributed by atoms with van der Waals surface area (Å²) in [5.74, 6) is 0. The highest BCUT2D eigenvalue weighted by Gasteiger charge is 2.12. The first kappa shape index (κ1) is 12.9. The average molecular weight is 265 g/mol. The first-order valence-corrected chi connectivity index (χ1v) is 7.13. The van der Waals surface area contributed by atoms with E-state index in [4.69, 9.17) is 10.3 Å². The molecule has 0 spiro atoms. The molecule has 0 heterocycles. The molecule has 1 aromatic carbocycles. The lowest BCUT2D eigenvalue weighted by Crippen LogP contribution is -2.22. The molecule has 0 aliphatic heterocycles. The summed E-state index contributed by atoms with van der Waals surface area (Å²) in [6.45, 7) is 1.60. The lowest BCUT2D eigenvalue weighted by Gasteiger charge is -2.08. The van der Waals surface area contributed by atoms with Crippen molar-refractivity contribution in [2.75, 3.05) is 4.72 Å². The molecule has 0 aromatic heterocycles. The van der Waals surface area contributed by atoms with Crippen molar-refractivity contribution in [2.45, 2.75) is 11.8 Å². The van der Waals surface area contributed by atoms with E-state index in [1.165, 1.54) is 12.1 Å². The summed E-state index contributed by atoms with van der Waals surface area (Å²) in [6, 6.07) is 3.81. The summed E-state index contributed by atoms with van der Waals surface area (Å²) in [6.07, 6.45) is 0. The minimum atomic E-state index is -3.95. The Bertz CT molecular complexity index is 607. The zero-order valence-electron chi connectivity index (χ0n) is 8.34. The molecule has 16 heavy (non-hydrogen) atoms. The van der Waals surface area contributed by atoms with Crippen LogP contribution in [-0.4, -0.2) is 16.8 Å². The van der Waals surface area contributed by atoms with Gasteiger partial charge < -0.3 is 0 Å². The molecule has 0 aliphatic carbocycles. The van der Waals surface area contributed by atoms with Crippen molar-refractivity contribution < 1.29 is 16.8 Å². The number of nitrogens with one attached hydrogen (secondary N) is 1. The van der Waals surface area contributed by atoms with Crippen LogP contribution >= 0.6 is 0 Å². The van der Waals surface area contributed by atoms with Crippen LogP contribution in [0.25, 0.3) is 0 Å². The van der Waals surface area contributed by atoms with Crippen molar-refractivity contribution in [1.82, 2.24) is 0 Å². The van der Waals surface area contributed by atoms with Crippen molar-refractivity contribution in [3.05, 3.63) is 23.8 Å². The molecule has 0 bridgehead atoms. The fourth-order valence-electron chi connectivity index (χ4n) is 1.04. The second kappa shape index (κ2) is 4.01. The van der Waals surface area contributed by atoms with Crippen LogP contribution < -0.4 is 15.0 Å². The largest absolute Gasteiger partial charge is 0.296 e. The highest BCUT2D eigenvalue weighted by Crippen LogP contribution is 2.19. The smallest absolute Gasteiger partial charge is 0.271 e. The van der Waals surface area contributed by atoms with Crippen molar-refractivity contribution in [3.8, 4) is 0 Å². The second-order valence-corrected chi connectivity index (χ2v) is 6.02. The molecular weight excluding hydrogens is 254 g/mol. The SMILES string of the molecule is Cc1ccc(S(N)(=O)=O)cc1NS(N)(=O)=O. The third-order valence-corrected chi connectivity index (χ3v) is 3.21. The molecule has 1 rings (SSSR count). The first-order chi connectivity index (χ1) is 7.09. The van der Waals surface area contributed by atoms with Crippen LogP contribution in [0.15, 0.2) is 23.1 Å². The van der Waals surface area contributed by atoms with Crippen LogP contribution in [0.3, 0.4) is 0 Å². The van der Waals surface area contributed by atoms with Gasteiger partial charge in [0.25, 0.3) is 10.2 Å². The van der Waals surface area contributed by atoms with Gasteiger partial charge >= 0.3 is 0 Å². The fraction of sp³-hybridized carbons (Fsp3) is 0.143. The third-order valence-electron chi connectivity index (χ3n) is 1.79. The molecule has 0 fully saturated rings. The van der Waals surface area contributed by atoms with Gasteiger partial charge in [-0.2, -0.15) is 8.42 Å².